The Morgan fingerprint density at radius 1 is 1.20 bits per heavy atom. The Kier molecular flexibility index (Phi) is 12.2. The molecule has 1 rings (SSSR count). The quantitative estimate of drug-likeness (QED) is 0.274. The summed E-state index contributed by atoms with van der Waals surface area (Å²) in [7, 11) is 1.87. The van der Waals surface area contributed by atoms with Crippen LogP contribution in [0.3, 0.4) is 0 Å². The minimum absolute atomic E-state index is 0. The molecule has 0 amide bonds. The van der Waals surface area contributed by atoms with E-state index in [1.54, 1.807) is 0 Å². The molecule has 1 aliphatic carbocycles. The molecule has 5 heteroatoms. The number of rotatable bonds is 8. The molecule has 0 bridgehead atoms. The van der Waals surface area contributed by atoms with E-state index in [0.29, 0.717) is 5.41 Å². The van der Waals surface area contributed by atoms with E-state index in [1.807, 2.05) is 18.8 Å². The highest BCUT2D eigenvalue weighted by Crippen LogP contribution is 2.40. The average molecular weight is 413 g/mol. The number of nitrogens with one attached hydrogen (secondary N) is 2. The van der Waals surface area contributed by atoms with E-state index >= 15 is 0 Å². The van der Waals surface area contributed by atoms with Gasteiger partial charge in [-0.2, -0.15) is 11.8 Å². The summed E-state index contributed by atoms with van der Waals surface area (Å²) in [5.74, 6) is 2.23. The maximum absolute atomic E-state index is 4.32. The highest BCUT2D eigenvalue weighted by atomic mass is 127. The van der Waals surface area contributed by atoms with Gasteiger partial charge in [-0.05, 0) is 49.5 Å². The lowest BCUT2D eigenvalue weighted by Crippen LogP contribution is -2.43. The highest BCUT2D eigenvalue weighted by molar-refractivity contribution is 14.0. The topological polar surface area (TPSA) is 36.4 Å². The molecule has 0 unspecified atom stereocenters. The third-order valence-corrected chi connectivity index (χ3v) is 5.03. The van der Waals surface area contributed by atoms with Crippen LogP contribution in [-0.4, -0.2) is 38.1 Å². The fourth-order valence-electron chi connectivity index (χ4n) is 2.85. The Morgan fingerprint density at radius 3 is 2.45 bits per heavy atom. The van der Waals surface area contributed by atoms with Crippen LogP contribution in [-0.2, 0) is 0 Å². The van der Waals surface area contributed by atoms with E-state index in [0.717, 1.165) is 19.0 Å². The zero-order valence-corrected chi connectivity index (χ0v) is 16.5. The van der Waals surface area contributed by atoms with Crippen molar-refractivity contribution in [3.8, 4) is 0 Å². The Morgan fingerprint density at radius 2 is 1.90 bits per heavy atom. The fraction of sp³-hybridized carbons (Fsp3) is 0.933. The Bertz CT molecular complexity index is 266. The van der Waals surface area contributed by atoms with E-state index in [2.05, 4.69) is 28.8 Å². The maximum atomic E-state index is 4.32. The lowest BCUT2D eigenvalue weighted by Gasteiger charge is -2.28. The predicted molar refractivity (Wildman–Crippen MR) is 104 cm³/mol. The van der Waals surface area contributed by atoms with Gasteiger partial charge in [0.05, 0.1) is 0 Å². The van der Waals surface area contributed by atoms with Crippen LogP contribution in [0.5, 0.6) is 0 Å². The summed E-state index contributed by atoms with van der Waals surface area (Å²) in [4.78, 5) is 4.32. The lowest BCUT2D eigenvalue weighted by molar-refractivity contribution is 0.283. The molecule has 0 radical (unpaired) electrons. The molecular weight excluding hydrogens is 381 g/mol. The Balaban J connectivity index is 0.00000361. The standard InChI is InChI=1S/C15H31N3S.HI/c1-4-15(9-5-6-10-15)13-18-14(16-2)17-11-7-8-12-19-3;/h4-13H2,1-3H3,(H2,16,17,18);1H. The Hall–Kier alpha value is 0.350. The van der Waals surface area contributed by atoms with Gasteiger partial charge in [-0.25, -0.2) is 0 Å². The van der Waals surface area contributed by atoms with Crippen molar-refractivity contribution in [1.29, 1.82) is 0 Å². The van der Waals surface area contributed by atoms with Crippen molar-refractivity contribution in [2.24, 2.45) is 10.4 Å². The van der Waals surface area contributed by atoms with Crippen molar-refractivity contribution in [2.75, 3.05) is 32.1 Å². The molecule has 1 aliphatic rings. The molecule has 0 aromatic heterocycles. The first-order valence-corrected chi connectivity index (χ1v) is 9.09. The molecule has 0 saturated heterocycles. The van der Waals surface area contributed by atoms with Crippen LogP contribution >= 0.6 is 35.7 Å². The third-order valence-electron chi connectivity index (χ3n) is 4.34. The Labute approximate surface area is 146 Å². The zero-order valence-electron chi connectivity index (χ0n) is 13.3. The molecule has 0 spiro atoms. The fourth-order valence-corrected chi connectivity index (χ4v) is 3.34. The first-order valence-electron chi connectivity index (χ1n) is 7.70. The van der Waals surface area contributed by atoms with E-state index < -0.39 is 0 Å². The summed E-state index contributed by atoms with van der Waals surface area (Å²) in [6, 6.07) is 0. The monoisotopic (exact) mass is 413 g/mol. The van der Waals surface area contributed by atoms with Crippen molar-refractivity contribution in [3.05, 3.63) is 0 Å². The van der Waals surface area contributed by atoms with Crippen LogP contribution in [0, 0.1) is 5.41 Å². The number of unbranched alkanes of at least 4 members (excludes halogenated alkanes) is 1. The van der Waals surface area contributed by atoms with Crippen molar-refractivity contribution in [2.45, 2.75) is 51.9 Å². The molecule has 1 saturated carbocycles. The lowest BCUT2D eigenvalue weighted by atomic mass is 9.83. The molecule has 0 aromatic rings. The normalized spacial score (nSPS) is 17.6. The van der Waals surface area contributed by atoms with Crippen LogP contribution in [0.1, 0.15) is 51.9 Å². The van der Waals surface area contributed by atoms with Crippen LogP contribution in [0.25, 0.3) is 0 Å². The second-order valence-corrected chi connectivity index (χ2v) is 6.60. The second kappa shape index (κ2) is 12.0. The van der Waals surface area contributed by atoms with Crippen molar-refractivity contribution >= 4 is 41.7 Å². The molecule has 20 heavy (non-hydrogen) atoms. The summed E-state index contributed by atoms with van der Waals surface area (Å²) in [5, 5.41) is 6.95. The van der Waals surface area contributed by atoms with Gasteiger partial charge >= 0.3 is 0 Å². The van der Waals surface area contributed by atoms with Gasteiger partial charge in [0.25, 0.3) is 0 Å². The predicted octanol–water partition coefficient (Wildman–Crippen LogP) is 3.88. The minimum Gasteiger partial charge on any atom is -0.356 e. The van der Waals surface area contributed by atoms with E-state index in [1.165, 1.54) is 50.7 Å². The van der Waals surface area contributed by atoms with Gasteiger partial charge in [-0.3, -0.25) is 4.99 Å². The van der Waals surface area contributed by atoms with Gasteiger partial charge in [-0.15, -0.1) is 24.0 Å². The summed E-state index contributed by atoms with van der Waals surface area (Å²) in [6.07, 6.45) is 11.5. The number of nitrogens with zero attached hydrogens (tertiary/aromatic N) is 1. The van der Waals surface area contributed by atoms with Crippen molar-refractivity contribution in [1.82, 2.24) is 10.6 Å². The molecule has 0 heterocycles. The van der Waals surface area contributed by atoms with E-state index in [9.17, 15) is 0 Å². The largest absolute Gasteiger partial charge is 0.356 e. The number of hydrogen-bond acceptors (Lipinski definition) is 2. The van der Waals surface area contributed by atoms with Crippen LogP contribution < -0.4 is 10.6 Å². The van der Waals surface area contributed by atoms with Crippen LogP contribution in [0.4, 0.5) is 0 Å². The molecule has 120 valence electrons. The van der Waals surface area contributed by atoms with Gasteiger partial charge in [0.15, 0.2) is 5.96 Å². The van der Waals surface area contributed by atoms with E-state index in [4.69, 9.17) is 0 Å². The number of halogens is 1. The zero-order chi connectivity index (χ0) is 14.0. The van der Waals surface area contributed by atoms with Gasteiger partial charge < -0.3 is 10.6 Å². The summed E-state index contributed by atoms with van der Waals surface area (Å²) in [5.41, 5.74) is 0.524. The number of thioether (sulfide) groups is 1. The molecule has 3 nitrogen and oxygen atoms in total. The number of guanidine groups is 1. The SMILES string of the molecule is CCC1(CNC(=NC)NCCCCSC)CCCC1.I. The van der Waals surface area contributed by atoms with Crippen molar-refractivity contribution < 1.29 is 0 Å². The van der Waals surface area contributed by atoms with Gasteiger partial charge in [-0.1, -0.05) is 19.8 Å². The first-order chi connectivity index (χ1) is 9.26. The first kappa shape index (κ1) is 20.3. The minimum atomic E-state index is 0. The molecule has 0 aromatic carbocycles. The van der Waals surface area contributed by atoms with E-state index in [-0.39, 0.29) is 24.0 Å². The molecule has 2 N–H and O–H groups in total. The molecular formula is C15H32IN3S. The van der Waals surface area contributed by atoms with Crippen LogP contribution in [0.15, 0.2) is 4.99 Å². The van der Waals surface area contributed by atoms with Gasteiger partial charge in [0.1, 0.15) is 0 Å². The van der Waals surface area contributed by atoms with Gasteiger partial charge in [0, 0.05) is 20.1 Å². The summed E-state index contributed by atoms with van der Waals surface area (Å²) >= 11 is 1.92. The molecule has 0 atom stereocenters. The van der Waals surface area contributed by atoms with Crippen molar-refractivity contribution in [3.63, 3.8) is 0 Å². The number of aliphatic imine (C=N–C) groups is 1. The van der Waals surface area contributed by atoms with Gasteiger partial charge in [0.2, 0.25) is 0 Å². The third kappa shape index (κ3) is 7.38. The number of hydrogen-bond donors (Lipinski definition) is 2. The smallest absolute Gasteiger partial charge is 0.190 e. The molecule has 0 aliphatic heterocycles. The second-order valence-electron chi connectivity index (χ2n) is 5.61. The average Bonchev–Trinajstić information content (AvgIpc) is 2.91. The van der Waals surface area contributed by atoms with Crippen LogP contribution in [0.2, 0.25) is 0 Å². The summed E-state index contributed by atoms with van der Waals surface area (Å²) in [6.45, 7) is 4.43. The molecule has 1 fully saturated rings. The summed E-state index contributed by atoms with van der Waals surface area (Å²) < 4.78 is 0. The highest BCUT2D eigenvalue weighted by Gasteiger charge is 2.31. The maximum Gasteiger partial charge on any atom is 0.190 e.